The Balaban J connectivity index is 3.12. The fourth-order valence-corrected chi connectivity index (χ4v) is 1.17. The van der Waals surface area contributed by atoms with Crippen LogP contribution in [0, 0.1) is 0 Å². The van der Waals surface area contributed by atoms with E-state index in [9.17, 15) is 13.2 Å². The van der Waals surface area contributed by atoms with Crippen molar-refractivity contribution in [2.75, 3.05) is 5.73 Å². The molecule has 0 aliphatic heterocycles. The molecule has 0 heterocycles. The first-order valence-corrected chi connectivity index (χ1v) is 4.07. The van der Waals surface area contributed by atoms with Crippen LogP contribution in [-0.2, 0) is 0 Å². The molecule has 0 saturated heterocycles. The molecule has 4 N–H and O–H groups in total. The van der Waals surface area contributed by atoms with E-state index in [1.54, 1.807) is 0 Å². The number of rotatable bonds is 1. The van der Waals surface area contributed by atoms with Gasteiger partial charge in [-0.3, -0.25) is 0 Å². The third kappa shape index (κ3) is 2.30. The van der Waals surface area contributed by atoms with Crippen LogP contribution in [0.5, 0.6) is 0 Å². The van der Waals surface area contributed by atoms with Crippen LogP contribution in [0.25, 0.3) is 0 Å². The van der Waals surface area contributed by atoms with Gasteiger partial charge in [0.2, 0.25) is 0 Å². The zero-order valence-corrected chi connectivity index (χ0v) is 7.73. The summed E-state index contributed by atoms with van der Waals surface area (Å²) in [7, 11) is 0. The Morgan fingerprint density at radius 1 is 1.29 bits per heavy atom. The first-order chi connectivity index (χ1) is 6.32. The second-order valence-corrected chi connectivity index (χ2v) is 3.23. The molecule has 0 aromatic heterocycles. The van der Waals surface area contributed by atoms with E-state index < -0.39 is 12.2 Å². The highest BCUT2D eigenvalue weighted by molar-refractivity contribution is 6.30. The molecule has 1 aromatic carbocycles. The number of anilines is 1. The van der Waals surface area contributed by atoms with Gasteiger partial charge in [-0.25, -0.2) is 0 Å². The van der Waals surface area contributed by atoms with Crippen LogP contribution < -0.4 is 11.5 Å². The highest BCUT2D eigenvalue weighted by Gasteiger charge is 2.38. The summed E-state index contributed by atoms with van der Waals surface area (Å²) < 4.78 is 36.7. The van der Waals surface area contributed by atoms with E-state index in [1.165, 1.54) is 12.1 Å². The lowest BCUT2D eigenvalue weighted by atomic mass is 10.1. The molecule has 0 radical (unpaired) electrons. The highest BCUT2D eigenvalue weighted by atomic mass is 35.5. The molecule has 0 amide bonds. The normalized spacial score (nSPS) is 14.1. The van der Waals surface area contributed by atoms with Gasteiger partial charge in [0.1, 0.15) is 6.04 Å². The van der Waals surface area contributed by atoms with Gasteiger partial charge in [-0.05, 0) is 18.2 Å². The Bertz CT molecular complexity index is 338. The Kier molecular flexibility index (Phi) is 2.92. The third-order valence-electron chi connectivity index (χ3n) is 1.74. The van der Waals surface area contributed by atoms with Gasteiger partial charge in [0.05, 0.1) is 0 Å². The summed E-state index contributed by atoms with van der Waals surface area (Å²) in [4.78, 5) is 0. The summed E-state index contributed by atoms with van der Waals surface area (Å²) in [6.45, 7) is 0. The number of hydrogen-bond acceptors (Lipinski definition) is 2. The summed E-state index contributed by atoms with van der Waals surface area (Å²) in [5.41, 5.74) is 10.1. The second kappa shape index (κ2) is 3.67. The maximum absolute atomic E-state index is 12.2. The molecule has 0 bridgehead atoms. The smallest absolute Gasteiger partial charge is 0.398 e. The predicted octanol–water partition coefficient (Wildman–Crippen LogP) is 2.48. The third-order valence-corrected chi connectivity index (χ3v) is 1.97. The first-order valence-electron chi connectivity index (χ1n) is 3.69. The van der Waals surface area contributed by atoms with Crippen molar-refractivity contribution in [3.05, 3.63) is 28.8 Å². The standard InChI is InChI=1S/C8H8ClF3N2/c9-4-1-2-6(13)5(3-4)7(14)8(10,11)12/h1-3,7H,13-14H2/t7-/m1/s1. The maximum Gasteiger partial charge on any atom is 0.407 e. The van der Waals surface area contributed by atoms with E-state index in [4.69, 9.17) is 23.1 Å². The van der Waals surface area contributed by atoms with Gasteiger partial charge in [-0.15, -0.1) is 0 Å². The van der Waals surface area contributed by atoms with Gasteiger partial charge in [0.15, 0.2) is 0 Å². The van der Waals surface area contributed by atoms with Gasteiger partial charge >= 0.3 is 6.18 Å². The van der Waals surface area contributed by atoms with E-state index >= 15 is 0 Å². The molecule has 1 atom stereocenters. The number of nitrogens with two attached hydrogens (primary N) is 2. The number of hydrogen-bond donors (Lipinski definition) is 2. The molecule has 1 aromatic rings. The maximum atomic E-state index is 12.2. The van der Waals surface area contributed by atoms with Crippen LogP contribution in [0.1, 0.15) is 11.6 Å². The molecule has 0 unspecified atom stereocenters. The van der Waals surface area contributed by atoms with Crippen molar-refractivity contribution in [1.29, 1.82) is 0 Å². The molecule has 0 fully saturated rings. The lowest BCUT2D eigenvalue weighted by Crippen LogP contribution is -2.29. The van der Waals surface area contributed by atoms with Crippen LogP contribution in [0.2, 0.25) is 5.02 Å². The van der Waals surface area contributed by atoms with Crippen LogP contribution in [0.4, 0.5) is 18.9 Å². The topological polar surface area (TPSA) is 52.0 Å². The Hall–Kier alpha value is -0.940. The average Bonchev–Trinajstić information content (AvgIpc) is 2.06. The Morgan fingerprint density at radius 2 is 1.86 bits per heavy atom. The number of halogens is 4. The second-order valence-electron chi connectivity index (χ2n) is 2.79. The van der Waals surface area contributed by atoms with Crippen LogP contribution in [0.3, 0.4) is 0 Å². The molecule has 14 heavy (non-hydrogen) atoms. The van der Waals surface area contributed by atoms with Gasteiger partial charge in [-0.1, -0.05) is 11.6 Å². The Morgan fingerprint density at radius 3 is 2.36 bits per heavy atom. The lowest BCUT2D eigenvalue weighted by molar-refractivity contribution is -0.149. The first kappa shape index (κ1) is 11.1. The fraction of sp³-hybridized carbons (Fsp3) is 0.250. The minimum Gasteiger partial charge on any atom is -0.398 e. The van der Waals surface area contributed by atoms with Crippen molar-refractivity contribution < 1.29 is 13.2 Å². The summed E-state index contributed by atoms with van der Waals surface area (Å²) in [6, 6.07) is 1.73. The SMILES string of the molecule is Nc1ccc(Cl)cc1[C@@H](N)C(F)(F)F. The predicted molar refractivity (Wildman–Crippen MR) is 48.8 cm³/mol. The molecule has 0 aliphatic carbocycles. The molecule has 0 aliphatic rings. The van der Waals surface area contributed by atoms with E-state index in [0.29, 0.717) is 0 Å². The van der Waals surface area contributed by atoms with Crippen LogP contribution in [-0.4, -0.2) is 6.18 Å². The zero-order valence-electron chi connectivity index (χ0n) is 6.98. The summed E-state index contributed by atoms with van der Waals surface area (Å²) in [6.07, 6.45) is -4.52. The summed E-state index contributed by atoms with van der Waals surface area (Å²) >= 11 is 5.53. The quantitative estimate of drug-likeness (QED) is 0.720. The Labute approximate surface area is 83.6 Å². The van der Waals surface area contributed by atoms with Crippen molar-refractivity contribution in [3.63, 3.8) is 0 Å². The molecule has 0 spiro atoms. The molecular weight excluding hydrogens is 217 g/mol. The monoisotopic (exact) mass is 224 g/mol. The van der Waals surface area contributed by atoms with Gasteiger partial charge < -0.3 is 11.5 Å². The molecule has 0 saturated carbocycles. The number of nitrogen functional groups attached to an aromatic ring is 1. The zero-order chi connectivity index (χ0) is 10.9. The van der Waals surface area contributed by atoms with Crippen LogP contribution in [0.15, 0.2) is 18.2 Å². The van der Waals surface area contributed by atoms with Crippen molar-refractivity contribution in [2.24, 2.45) is 5.73 Å². The van der Waals surface area contributed by atoms with E-state index in [-0.39, 0.29) is 16.3 Å². The van der Waals surface area contributed by atoms with E-state index in [0.717, 1.165) is 6.07 Å². The largest absolute Gasteiger partial charge is 0.407 e. The lowest BCUT2D eigenvalue weighted by Gasteiger charge is -2.17. The molecule has 1 rings (SSSR count). The van der Waals surface area contributed by atoms with Crippen molar-refractivity contribution in [1.82, 2.24) is 0 Å². The van der Waals surface area contributed by atoms with Gasteiger partial charge in [0.25, 0.3) is 0 Å². The van der Waals surface area contributed by atoms with Crippen molar-refractivity contribution in [2.45, 2.75) is 12.2 Å². The summed E-state index contributed by atoms with van der Waals surface area (Å²) in [5, 5.41) is 0.175. The summed E-state index contributed by atoms with van der Waals surface area (Å²) in [5.74, 6) is 0. The molecular formula is C8H8ClF3N2. The van der Waals surface area contributed by atoms with E-state index in [1.807, 2.05) is 0 Å². The van der Waals surface area contributed by atoms with E-state index in [2.05, 4.69) is 0 Å². The highest BCUT2D eigenvalue weighted by Crippen LogP contribution is 2.34. The average molecular weight is 225 g/mol. The molecule has 78 valence electrons. The minimum atomic E-state index is -4.52. The molecule has 2 nitrogen and oxygen atoms in total. The van der Waals surface area contributed by atoms with Crippen molar-refractivity contribution in [3.8, 4) is 0 Å². The van der Waals surface area contributed by atoms with Crippen LogP contribution >= 0.6 is 11.6 Å². The molecule has 6 heteroatoms. The van der Waals surface area contributed by atoms with Gasteiger partial charge in [-0.2, -0.15) is 13.2 Å². The van der Waals surface area contributed by atoms with Crippen molar-refractivity contribution >= 4 is 17.3 Å². The van der Waals surface area contributed by atoms with Gasteiger partial charge in [0, 0.05) is 16.3 Å². The number of benzene rings is 1. The number of alkyl halides is 3. The minimum absolute atomic E-state index is 0.0146. The fourth-order valence-electron chi connectivity index (χ4n) is 0.991.